The molecule has 1 amide bonds. The first kappa shape index (κ1) is 20.6. The van der Waals surface area contributed by atoms with Gasteiger partial charge in [-0.05, 0) is 43.3 Å². The van der Waals surface area contributed by atoms with E-state index in [2.05, 4.69) is 21.6 Å². The highest BCUT2D eigenvalue weighted by Crippen LogP contribution is 2.11. The molecule has 144 valence electrons. The van der Waals surface area contributed by atoms with Crippen LogP contribution in [0.25, 0.3) is 10.9 Å². The fourth-order valence-corrected chi connectivity index (χ4v) is 2.94. The highest BCUT2D eigenvalue weighted by Gasteiger charge is 2.10. The number of carbonyl (C=O) groups excluding carboxylic acids is 2. The van der Waals surface area contributed by atoms with Crippen LogP contribution in [0.5, 0.6) is 0 Å². The molecule has 2 aromatic rings. The van der Waals surface area contributed by atoms with Crippen molar-refractivity contribution in [2.75, 3.05) is 13.7 Å². The summed E-state index contributed by atoms with van der Waals surface area (Å²) in [6.45, 7) is 4.45. The van der Waals surface area contributed by atoms with Gasteiger partial charge in [-0.25, -0.2) is 0 Å². The predicted octanol–water partition coefficient (Wildman–Crippen LogP) is 2.71. The molecule has 0 fully saturated rings. The van der Waals surface area contributed by atoms with E-state index >= 15 is 0 Å². The fourth-order valence-electron chi connectivity index (χ4n) is 2.67. The lowest BCUT2D eigenvalue weighted by Gasteiger charge is -2.08. The second-order valence-corrected chi connectivity index (χ2v) is 6.42. The summed E-state index contributed by atoms with van der Waals surface area (Å²) in [7, 11) is 1.37. The van der Waals surface area contributed by atoms with Crippen molar-refractivity contribution in [3.05, 3.63) is 51.5 Å². The van der Waals surface area contributed by atoms with E-state index in [1.54, 1.807) is 24.3 Å². The zero-order valence-electron chi connectivity index (χ0n) is 15.2. The van der Waals surface area contributed by atoms with Gasteiger partial charge >= 0.3 is 5.97 Å². The van der Waals surface area contributed by atoms with Crippen molar-refractivity contribution in [1.82, 2.24) is 14.9 Å². The smallest absolute Gasteiger partial charge is 0.305 e. The molecular formula is C19H23N3O4S. The van der Waals surface area contributed by atoms with Crippen LogP contribution in [0.2, 0.25) is 0 Å². The number of ether oxygens (including phenoxy) is 1. The van der Waals surface area contributed by atoms with Crippen LogP contribution >= 0.6 is 12.2 Å². The van der Waals surface area contributed by atoms with Gasteiger partial charge in [0, 0.05) is 25.1 Å². The average molecular weight is 389 g/mol. The molecule has 0 bridgehead atoms. The molecule has 0 spiro atoms. The Balaban J connectivity index is 2.00. The maximum atomic E-state index is 12.5. The summed E-state index contributed by atoms with van der Waals surface area (Å²) in [4.78, 5) is 38.8. The molecule has 0 aliphatic carbocycles. The largest absolute Gasteiger partial charge is 0.469 e. The highest BCUT2D eigenvalue weighted by molar-refractivity contribution is 7.71. The zero-order valence-corrected chi connectivity index (χ0v) is 16.1. The molecule has 0 aliphatic rings. The molecular weight excluding hydrogens is 366 g/mol. The number of methoxy groups -OCH3 is 1. The van der Waals surface area contributed by atoms with Crippen molar-refractivity contribution in [3.8, 4) is 0 Å². The van der Waals surface area contributed by atoms with Crippen molar-refractivity contribution >= 4 is 35.0 Å². The molecule has 0 saturated heterocycles. The number of nitrogens with zero attached hydrogens (tertiary/aromatic N) is 1. The Morgan fingerprint density at radius 1 is 1.33 bits per heavy atom. The molecule has 1 aromatic heterocycles. The molecule has 7 nitrogen and oxygen atoms in total. The summed E-state index contributed by atoms with van der Waals surface area (Å²) in [5.41, 5.74) is 0.755. The number of rotatable bonds is 9. The third kappa shape index (κ3) is 5.37. The summed E-state index contributed by atoms with van der Waals surface area (Å²) >= 11 is 5.21. The summed E-state index contributed by atoms with van der Waals surface area (Å²) in [6.07, 6.45) is 4.31. The first-order chi connectivity index (χ1) is 13.0. The number of H-pyrrole nitrogens is 1. The number of hydrogen-bond donors (Lipinski definition) is 2. The van der Waals surface area contributed by atoms with Crippen molar-refractivity contribution in [3.63, 3.8) is 0 Å². The van der Waals surface area contributed by atoms with Crippen LogP contribution in [0.1, 0.15) is 36.0 Å². The van der Waals surface area contributed by atoms with Gasteiger partial charge in [0.05, 0.1) is 18.0 Å². The van der Waals surface area contributed by atoms with Gasteiger partial charge in [-0.15, -0.1) is 6.58 Å². The molecule has 2 rings (SSSR count). The third-order valence-electron chi connectivity index (χ3n) is 4.13. The minimum atomic E-state index is -0.223. The number of nitrogens with one attached hydrogen (secondary N) is 2. The Bertz CT molecular complexity index is 962. The number of carbonyl (C=O) groups is 2. The van der Waals surface area contributed by atoms with Gasteiger partial charge in [0.25, 0.3) is 11.5 Å². The Labute approximate surface area is 162 Å². The number of allylic oxidation sites excluding steroid dienone is 1. The van der Waals surface area contributed by atoms with E-state index in [9.17, 15) is 14.4 Å². The zero-order chi connectivity index (χ0) is 19.8. The van der Waals surface area contributed by atoms with Gasteiger partial charge in [-0.2, -0.15) is 0 Å². The first-order valence-electron chi connectivity index (χ1n) is 8.70. The predicted molar refractivity (Wildman–Crippen MR) is 106 cm³/mol. The Kier molecular flexibility index (Phi) is 7.48. The number of unbranched alkanes of at least 4 members (excludes halogenated alkanes) is 2. The maximum Gasteiger partial charge on any atom is 0.305 e. The van der Waals surface area contributed by atoms with E-state index in [0.29, 0.717) is 36.0 Å². The summed E-state index contributed by atoms with van der Waals surface area (Å²) < 4.78 is 6.28. The minimum Gasteiger partial charge on any atom is -0.469 e. The van der Waals surface area contributed by atoms with Crippen molar-refractivity contribution in [2.24, 2.45) is 0 Å². The van der Waals surface area contributed by atoms with Crippen molar-refractivity contribution in [1.29, 1.82) is 0 Å². The second kappa shape index (κ2) is 9.82. The number of esters is 1. The standard InChI is InChI=1S/C19H23N3O4S/c1-3-11-22-18(25)14-9-8-13(12-15(14)21-19(22)27)17(24)20-10-6-4-5-7-16(23)26-2/h3,8-9,12H,1,4-7,10-11H2,2H3,(H,20,24)(H,21,27). The van der Waals surface area contributed by atoms with E-state index in [0.717, 1.165) is 19.3 Å². The van der Waals surface area contributed by atoms with Crippen LogP contribution in [0.4, 0.5) is 0 Å². The normalized spacial score (nSPS) is 10.6. The molecule has 2 N–H and O–H groups in total. The maximum absolute atomic E-state index is 12.5. The van der Waals surface area contributed by atoms with E-state index in [1.807, 2.05) is 0 Å². The summed E-state index contributed by atoms with van der Waals surface area (Å²) in [5, 5.41) is 3.30. The van der Waals surface area contributed by atoms with E-state index in [1.165, 1.54) is 11.7 Å². The van der Waals surface area contributed by atoms with Gasteiger partial charge < -0.3 is 15.0 Å². The van der Waals surface area contributed by atoms with Gasteiger partial charge in [-0.3, -0.25) is 19.0 Å². The number of benzene rings is 1. The molecule has 27 heavy (non-hydrogen) atoms. The molecule has 8 heteroatoms. The quantitative estimate of drug-likeness (QED) is 0.298. The van der Waals surface area contributed by atoms with Crippen LogP contribution < -0.4 is 10.9 Å². The lowest BCUT2D eigenvalue weighted by Crippen LogP contribution is -2.25. The van der Waals surface area contributed by atoms with Gasteiger partial charge in [0.1, 0.15) is 0 Å². The third-order valence-corrected chi connectivity index (χ3v) is 4.45. The van der Waals surface area contributed by atoms with Crippen LogP contribution in [0.15, 0.2) is 35.6 Å². The lowest BCUT2D eigenvalue weighted by atomic mass is 10.1. The highest BCUT2D eigenvalue weighted by atomic mass is 32.1. The molecule has 0 aliphatic heterocycles. The Morgan fingerprint density at radius 2 is 2.11 bits per heavy atom. The van der Waals surface area contributed by atoms with Crippen molar-refractivity contribution < 1.29 is 14.3 Å². The van der Waals surface area contributed by atoms with E-state index < -0.39 is 0 Å². The number of fused-ring (bicyclic) bond motifs is 1. The monoisotopic (exact) mass is 389 g/mol. The second-order valence-electron chi connectivity index (χ2n) is 6.04. The summed E-state index contributed by atoms with van der Waals surface area (Å²) in [6, 6.07) is 4.86. The number of amides is 1. The van der Waals surface area contributed by atoms with Crippen LogP contribution in [-0.4, -0.2) is 35.1 Å². The van der Waals surface area contributed by atoms with Gasteiger partial charge in [0.2, 0.25) is 0 Å². The molecule has 0 saturated carbocycles. The SMILES string of the molecule is C=CCn1c(=S)[nH]c2cc(C(=O)NCCCCCC(=O)OC)ccc2c1=O. The number of aromatic amines is 1. The van der Waals surface area contributed by atoms with E-state index in [-0.39, 0.29) is 22.2 Å². The Morgan fingerprint density at radius 3 is 2.81 bits per heavy atom. The van der Waals surface area contributed by atoms with E-state index in [4.69, 9.17) is 12.2 Å². The molecule has 1 heterocycles. The van der Waals surface area contributed by atoms with Crippen LogP contribution in [0, 0.1) is 4.77 Å². The lowest BCUT2D eigenvalue weighted by molar-refractivity contribution is -0.140. The topological polar surface area (TPSA) is 93.2 Å². The number of hydrogen-bond acceptors (Lipinski definition) is 5. The molecule has 0 radical (unpaired) electrons. The van der Waals surface area contributed by atoms with Crippen LogP contribution in [-0.2, 0) is 16.1 Å². The fraction of sp³-hybridized carbons (Fsp3) is 0.368. The number of aromatic nitrogens is 2. The van der Waals surface area contributed by atoms with Gasteiger partial charge in [-0.1, -0.05) is 12.5 Å². The average Bonchev–Trinajstić information content (AvgIpc) is 2.66. The molecule has 0 unspecified atom stereocenters. The minimum absolute atomic E-state index is 0.216. The summed E-state index contributed by atoms with van der Waals surface area (Å²) in [5.74, 6) is -0.445. The Hall–Kier alpha value is -2.74. The van der Waals surface area contributed by atoms with Crippen molar-refractivity contribution in [2.45, 2.75) is 32.2 Å². The van der Waals surface area contributed by atoms with Gasteiger partial charge in [0.15, 0.2) is 4.77 Å². The first-order valence-corrected chi connectivity index (χ1v) is 9.11. The molecule has 1 aromatic carbocycles. The molecule has 0 atom stereocenters. The van der Waals surface area contributed by atoms with Crippen LogP contribution in [0.3, 0.4) is 0 Å².